The number of furan rings is 1. The van der Waals surface area contributed by atoms with Gasteiger partial charge in [-0.05, 0) is 24.3 Å². The van der Waals surface area contributed by atoms with Crippen molar-refractivity contribution >= 4 is 23.4 Å². The van der Waals surface area contributed by atoms with Crippen LogP contribution in [0.2, 0.25) is 0 Å². The third kappa shape index (κ3) is 3.46. The Bertz CT molecular complexity index is 864. The van der Waals surface area contributed by atoms with Gasteiger partial charge in [0.15, 0.2) is 28.4 Å². The number of anilines is 1. The third-order valence-corrected chi connectivity index (χ3v) is 4.13. The number of carbonyl (C=O) groups is 1. The summed E-state index contributed by atoms with van der Waals surface area (Å²) in [5.41, 5.74) is 0.189. The Hall–Kier alpha value is -2.68. The number of hydrogen-bond acceptors (Lipinski definition) is 5. The Kier molecular flexibility index (Phi) is 4.61. The lowest BCUT2D eigenvalue weighted by molar-refractivity contribution is -0.113. The van der Waals surface area contributed by atoms with Crippen molar-refractivity contribution in [2.24, 2.45) is 7.05 Å². The molecule has 6 nitrogen and oxygen atoms in total. The van der Waals surface area contributed by atoms with Crippen LogP contribution in [0, 0.1) is 11.6 Å². The number of thioether (sulfide) groups is 1. The molecule has 0 fully saturated rings. The van der Waals surface area contributed by atoms with Gasteiger partial charge in [-0.1, -0.05) is 11.8 Å². The van der Waals surface area contributed by atoms with Gasteiger partial charge in [0.05, 0.1) is 12.0 Å². The van der Waals surface area contributed by atoms with Crippen molar-refractivity contribution in [3.8, 4) is 11.6 Å². The van der Waals surface area contributed by atoms with Crippen LogP contribution in [-0.2, 0) is 11.8 Å². The maximum atomic E-state index is 13.1. The highest BCUT2D eigenvalue weighted by Gasteiger charge is 2.14. The molecule has 1 N–H and O–H groups in total. The first-order valence-corrected chi connectivity index (χ1v) is 7.84. The lowest BCUT2D eigenvalue weighted by Crippen LogP contribution is -2.14. The van der Waals surface area contributed by atoms with E-state index >= 15 is 0 Å². The maximum absolute atomic E-state index is 13.1. The second-order valence-corrected chi connectivity index (χ2v) is 5.75. The molecule has 2 aromatic heterocycles. The summed E-state index contributed by atoms with van der Waals surface area (Å²) in [5, 5.41) is 11.0. The van der Waals surface area contributed by atoms with E-state index in [1.165, 1.54) is 24.1 Å². The molecule has 3 aromatic rings. The molecular formula is C15H12F2N4O2S. The average molecular weight is 350 g/mol. The van der Waals surface area contributed by atoms with Gasteiger partial charge in [-0.25, -0.2) is 8.78 Å². The number of nitrogens with one attached hydrogen (secondary N) is 1. The highest BCUT2D eigenvalue weighted by Crippen LogP contribution is 2.23. The van der Waals surface area contributed by atoms with Crippen molar-refractivity contribution < 1.29 is 18.0 Å². The highest BCUT2D eigenvalue weighted by atomic mass is 32.2. The Labute approximate surface area is 139 Å². The molecular weight excluding hydrogens is 338 g/mol. The largest absolute Gasteiger partial charge is 0.461 e. The van der Waals surface area contributed by atoms with Gasteiger partial charge < -0.3 is 14.3 Å². The number of aromatic nitrogens is 3. The second kappa shape index (κ2) is 6.83. The number of amides is 1. The first kappa shape index (κ1) is 16.2. The van der Waals surface area contributed by atoms with E-state index in [9.17, 15) is 13.6 Å². The number of nitrogens with zero attached hydrogens (tertiary/aromatic N) is 3. The predicted octanol–water partition coefficient (Wildman–Crippen LogP) is 3.08. The lowest BCUT2D eigenvalue weighted by Gasteiger charge is -2.05. The summed E-state index contributed by atoms with van der Waals surface area (Å²) in [6.07, 6.45) is 1.53. The molecule has 9 heteroatoms. The molecule has 0 saturated carbocycles. The van der Waals surface area contributed by atoms with E-state index < -0.39 is 11.6 Å². The Balaban J connectivity index is 1.61. The first-order chi connectivity index (χ1) is 11.5. The molecule has 0 radical (unpaired) electrons. The molecule has 0 aliphatic heterocycles. The molecule has 3 rings (SSSR count). The summed E-state index contributed by atoms with van der Waals surface area (Å²) in [4.78, 5) is 11.9. The summed E-state index contributed by atoms with van der Waals surface area (Å²) >= 11 is 1.17. The van der Waals surface area contributed by atoms with Gasteiger partial charge in [0.2, 0.25) is 5.91 Å². The molecule has 0 spiro atoms. The van der Waals surface area contributed by atoms with E-state index in [1.54, 1.807) is 23.7 Å². The fraction of sp³-hybridized carbons (Fsp3) is 0.133. The van der Waals surface area contributed by atoms with Crippen LogP contribution in [0.4, 0.5) is 14.5 Å². The average Bonchev–Trinajstić information content (AvgIpc) is 3.19. The lowest BCUT2D eigenvalue weighted by atomic mass is 10.3. The van der Waals surface area contributed by atoms with E-state index in [1.807, 2.05) is 0 Å². The van der Waals surface area contributed by atoms with Crippen LogP contribution >= 0.6 is 11.8 Å². The molecule has 0 aliphatic carbocycles. The number of rotatable bonds is 5. The van der Waals surface area contributed by atoms with Crippen molar-refractivity contribution in [3.63, 3.8) is 0 Å². The summed E-state index contributed by atoms with van der Waals surface area (Å²) in [6, 6.07) is 6.67. The molecule has 24 heavy (non-hydrogen) atoms. The summed E-state index contributed by atoms with van der Waals surface area (Å²) in [7, 11) is 1.76. The molecule has 0 unspecified atom stereocenters. The molecule has 124 valence electrons. The van der Waals surface area contributed by atoms with E-state index in [4.69, 9.17) is 4.42 Å². The quantitative estimate of drug-likeness (QED) is 0.716. The van der Waals surface area contributed by atoms with E-state index in [0.717, 1.165) is 12.1 Å². The zero-order chi connectivity index (χ0) is 17.1. The smallest absolute Gasteiger partial charge is 0.234 e. The zero-order valence-electron chi connectivity index (χ0n) is 12.5. The normalized spacial score (nSPS) is 10.8. The third-order valence-electron chi connectivity index (χ3n) is 3.11. The Morgan fingerprint density at radius 2 is 2.12 bits per heavy atom. The van der Waals surface area contributed by atoms with Gasteiger partial charge >= 0.3 is 0 Å². The highest BCUT2D eigenvalue weighted by molar-refractivity contribution is 7.99. The van der Waals surface area contributed by atoms with Gasteiger partial charge in [-0.15, -0.1) is 10.2 Å². The van der Waals surface area contributed by atoms with Gasteiger partial charge in [0.1, 0.15) is 0 Å². The van der Waals surface area contributed by atoms with Crippen LogP contribution in [0.3, 0.4) is 0 Å². The number of carbonyl (C=O) groups excluding carboxylic acids is 1. The summed E-state index contributed by atoms with van der Waals surface area (Å²) in [6.45, 7) is 0. The predicted molar refractivity (Wildman–Crippen MR) is 84.4 cm³/mol. The van der Waals surface area contributed by atoms with Gasteiger partial charge in [-0.3, -0.25) is 4.79 Å². The maximum Gasteiger partial charge on any atom is 0.234 e. The molecule has 0 atom stereocenters. The number of benzene rings is 1. The topological polar surface area (TPSA) is 73.0 Å². The fourth-order valence-corrected chi connectivity index (χ4v) is 2.67. The van der Waals surface area contributed by atoms with Gasteiger partial charge in [0, 0.05) is 18.8 Å². The molecule has 1 aromatic carbocycles. The molecule has 2 heterocycles. The Morgan fingerprint density at radius 1 is 1.29 bits per heavy atom. The van der Waals surface area contributed by atoms with Crippen molar-refractivity contribution in [2.45, 2.75) is 5.16 Å². The van der Waals surface area contributed by atoms with Crippen LogP contribution in [0.1, 0.15) is 0 Å². The van der Waals surface area contributed by atoms with Crippen LogP contribution in [0.15, 0.2) is 46.2 Å². The van der Waals surface area contributed by atoms with Crippen molar-refractivity contribution in [1.82, 2.24) is 14.8 Å². The standard InChI is InChI=1S/C15H12F2N4O2S/c1-21-14(12-3-2-6-23-12)19-20-15(21)24-8-13(22)18-9-4-5-10(16)11(17)7-9/h2-7H,8H2,1H3,(H,18,22). The van der Waals surface area contributed by atoms with Gasteiger partial charge in [-0.2, -0.15) is 0 Å². The van der Waals surface area contributed by atoms with E-state index in [-0.39, 0.29) is 17.3 Å². The first-order valence-electron chi connectivity index (χ1n) is 6.85. The molecule has 1 amide bonds. The van der Waals surface area contributed by atoms with Gasteiger partial charge in [0.25, 0.3) is 0 Å². The van der Waals surface area contributed by atoms with E-state index in [2.05, 4.69) is 15.5 Å². The summed E-state index contributed by atoms with van der Waals surface area (Å²) < 4.78 is 32.9. The van der Waals surface area contributed by atoms with Crippen LogP contribution in [0.5, 0.6) is 0 Å². The zero-order valence-corrected chi connectivity index (χ0v) is 13.3. The minimum atomic E-state index is -1.02. The minimum Gasteiger partial charge on any atom is -0.461 e. The number of halogens is 2. The minimum absolute atomic E-state index is 0.0448. The van der Waals surface area contributed by atoms with Crippen LogP contribution in [0.25, 0.3) is 11.6 Å². The molecule has 0 aliphatic rings. The number of hydrogen-bond donors (Lipinski definition) is 1. The van der Waals surface area contributed by atoms with Crippen LogP contribution in [-0.4, -0.2) is 26.4 Å². The molecule has 0 bridgehead atoms. The van der Waals surface area contributed by atoms with E-state index in [0.29, 0.717) is 16.7 Å². The summed E-state index contributed by atoms with van der Waals surface area (Å²) in [5.74, 6) is -1.19. The van der Waals surface area contributed by atoms with Crippen molar-refractivity contribution in [3.05, 3.63) is 48.2 Å². The van der Waals surface area contributed by atoms with Crippen molar-refractivity contribution in [2.75, 3.05) is 11.1 Å². The fourth-order valence-electron chi connectivity index (χ4n) is 1.96. The molecule has 0 saturated heterocycles. The van der Waals surface area contributed by atoms with Crippen molar-refractivity contribution in [1.29, 1.82) is 0 Å². The SMILES string of the molecule is Cn1c(SCC(=O)Nc2ccc(F)c(F)c2)nnc1-c1ccco1. The second-order valence-electron chi connectivity index (χ2n) is 4.81. The van der Waals surface area contributed by atoms with Crippen LogP contribution < -0.4 is 5.32 Å². The Morgan fingerprint density at radius 3 is 2.83 bits per heavy atom. The monoisotopic (exact) mass is 350 g/mol.